The third-order valence-corrected chi connectivity index (χ3v) is 8.68. The van der Waals surface area contributed by atoms with Gasteiger partial charge in [0.15, 0.2) is 22.1 Å². The number of benzene rings is 2. The van der Waals surface area contributed by atoms with E-state index in [9.17, 15) is 8.42 Å². The molecule has 224 valence electrons. The lowest BCUT2D eigenvalue weighted by molar-refractivity contribution is -0.176. The number of fused-ring (bicyclic) bond motifs is 1. The molecule has 3 heterocycles. The molecule has 0 bridgehead atoms. The Balaban J connectivity index is 1.29. The normalized spacial score (nSPS) is 18.5. The number of nitrogens with one attached hydrogen (secondary N) is 3. The van der Waals surface area contributed by atoms with Crippen LogP contribution in [-0.4, -0.2) is 63.9 Å². The molecule has 2 aromatic heterocycles. The summed E-state index contributed by atoms with van der Waals surface area (Å²) in [5.74, 6) is 1.73. The molecule has 2 aliphatic rings. The van der Waals surface area contributed by atoms with Gasteiger partial charge >= 0.3 is 0 Å². The second-order valence-electron chi connectivity index (χ2n) is 10.9. The third kappa shape index (κ3) is 5.44. The average molecular weight is 600 g/mol. The van der Waals surface area contributed by atoms with Crippen LogP contribution in [0.25, 0.3) is 11.0 Å². The lowest BCUT2D eigenvalue weighted by atomic mass is 10.1. The minimum Gasteiger partial charge on any atom is -0.495 e. The number of aromatic nitrogens is 3. The molecular formula is C28H33N5O8S. The Morgan fingerprint density at radius 2 is 1.71 bits per heavy atom. The number of hydrogen-bond donors (Lipinski definition) is 3. The van der Waals surface area contributed by atoms with E-state index in [1.54, 1.807) is 24.3 Å². The molecule has 6 rings (SSSR count). The van der Waals surface area contributed by atoms with Crippen molar-refractivity contribution in [2.45, 2.75) is 49.2 Å². The average Bonchev–Trinajstić information content (AvgIpc) is 3.61. The van der Waals surface area contributed by atoms with Crippen LogP contribution in [0.2, 0.25) is 0 Å². The van der Waals surface area contributed by atoms with Gasteiger partial charge in [-0.15, -0.1) is 0 Å². The van der Waals surface area contributed by atoms with E-state index < -0.39 is 21.7 Å². The summed E-state index contributed by atoms with van der Waals surface area (Å²) in [6.07, 6.45) is 1.89. The molecule has 0 amide bonds. The van der Waals surface area contributed by atoms with Crippen molar-refractivity contribution in [3.63, 3.8) is 0 Å². The minimum atomic E-state index is -4.27. The van der Waals surface area contributed by atoms with Crippen molar-refractivity contribution in [1.82, 2.24) is 15.4 Å². The quantitative estimate of drug-likeness (QED) is 0.228. The van der Waals surface area contributed by atoms with E-state index in [-0.39, 0.29) is 22.2 Å². The molecule has 42 heavy (non-hydrogen) atoms. The summed E-state index contributed by atoms with van der Waals surface area (Å²) < 4.78 is 63.9. The van der Waals surface area contributed by atoms with Crippen LogP contribution in [0.3, 0.4) is 0 Å². The molecule has 1 aliphatic heterocycles. The van der Waals surface area contributed by atoms with Crippen LogP contribution in [-0.2, 0) is 19.5 Å². The van der Waals surface area contributed by atoms with Gasteiger partial charge < -0.3 is 33.5 Å². The van der Waals surface area contributed by atoms with Crippen molar-refractivity contribution >= 4 is 38.3 Å². The van der Waals surface area contributed by atoms with Crippen molar-refractivity contribution in [3.05, 3.63) is 41.6 Å². The molecule has 1 saturated heterocycles. The summed E-state index contributed by atoms with van der Waals surface area (Å²) in [4.78, 5) is -0.195. The van der Waals surface area contributed by atoms with E-state index in [1.165, 1.54) is 21.3 Å². The second-order valence-corrected chi connectivity index (χ2v) is 12.5. The number of rotatable bonds is 10. The summed E-state index contributed by atoms with van der Waals surface area (Å²) in [6, 6.07) is 8.49. The molecule has 14 heteroatoms. The Morgan fingerprint density at radius 3 is 2.33 bits per heavy atom. The fourth-order valence-electron chi connectivity index (χ4n) is 4.86. The SMILES string of the molecule is COc1cc2c(NS(=O)(=O)c3c(OC)cc([C@H]4COC(C)(C)CO4)cc3OC)noc2cc1Nc1cc(C2CC2)[nH]n1. The molecule has 1 aliphatic carbocycles. The van der Waals surface area contributed by atoms with E-state index >= 15 is 0 Å². The van der Waals surface area contributed by atoms with Gasteiger partial charge in [-0.1, -0.05) is 5.16 Å². The van der Waals surface area contributed by atoms with Crippen LogP contribution in [0.1, 0.15) is 50.0 Å². The zero-order valence-corrected chi connectivity index (χ0v) is 24.8. The fourth-order valence-corrected chi connectivity index (χ4v) is 6.18. The van der Waals surface area contributed by atoms with Crippen molar-refractivity contribution in [2.75, 3.05) is 44.6 Å². The van der Waals surface area contributed by atoms with Crippen LogP contribution < -0.4 is 24.2 Å². The van der Waals surface area contributed by atoms with Gasteiger partial charge in [0, 0.05) is 23.7 Å². The summed E-state index contributed by atoms with van der Waals surface area (Å²) in [5.41, 5.74) is 2.25. The zero-order valence-electron chi connectivity index (χ0n) is 23.9. The molecule has 0 unspecified atom stereocenters. The molecule has 3 N–H and O–H groups in total. The lowest BCUT2D eigenvalue weighted by Crippen LogP contribution is -2.38. The maximum Gasteiger partial charge on any atom is 0.270 e. The summed E-state index contributed by atoms with van der Waals surface area (Å²) in [5, 5.41) is 15.0. The Hall–Kier alpha value is -4.01. The fraction of sp³-hybridized carbons (Fsp3) is 0.429. The maximum absolute atomic E-state index is 13.7. The van der Waals surface area contributed by atoms with Crippen molar-refractivity contribution in [2.24, 2.45) is 0 Å². The largest absolute Gasteiger partial charge is 0.495 e. The van der Waals surface area contributed by atoms with E-state index in [4.69, 9.17) is 28.2 Å². The molecule has 0 spiro atoms. The van der Waals surface area contributed by atoms with E-state index in [0.29, 0.717) is 52.9 Å². The number of aromatic amines is 1. The van der Waals surface area contributed by atoms with Gasteiger partial charge in [0.25, 0.3) is 10.0 Å². The summed E-state index contributed by atoms with van der Waals surface area (Å²) >= 11 is 0. The van der Waals surface area contributed by atoms with Gasteiger partial charge in [-0.05, 0) is 50.5 Å². The molecule has 2 aromatic carbocycles. The highest BCUT2D eigenvalue weighted by Gasteiger charge is 2.33. The first kappa shape index (κ1) is 28.1. The first-order valence-corrected chi connectivity index (χ1v) is 14.9. The van der Waals surface area contributed by atoms with Gasteiger partial charge in [-0.25, -0.2) is 8.42 Å². The third-order valence-electron chi connectivity index (χ3n) is 7.28. The summed E-state index contributed by atoms with van der Waals surface area (Å²) in [6.45, 7) is 4.56. The highest BCUT2D eigenvalue weighted by molar-refractivity contribution is 7.93. The Morgan fingerprint density at radius 1 is 1.00 bits per heavy atom. The van der Waals surface area contributed by atoms with Crippen LogP contribution in [0, 0.1) is 0 Å². The number of hydrogen-bond acceptors (Lipinski definition) is 11. The predicted molar refractivity (Wildman–Crippen MR) is 153 cm³/mol. The van der Waals surface area contributed by atoms with Crippen molar-refractivity contribution < 1.29 is 36.6 Å². The first-order valence-electron chi connectivity index (χ1n) is 13.4. The molecular weight excluding hydrogens is 566 g/mol. The van der Waals surface area contributed by atoms with Crippen molar-refractivity contribution in [3.8, 4) is 17.2 Å². The molecule has 1 atom stereocenters. The number of nitrogens with zero attached hydrogens (tertiary/aromatic N) is 2. The zero-order chi connectivity index (χ0) is 29.6. The maximum atomic E-state index is 13.7. The topological polar surface area (TPSA) is 159 Å². The molecule has 1 saturated carbocycles. The van der Waals surface area contributed by atoms with Crippen LogP contribution in [0.5, 0.6) is 17.2 Å². The lowest BCUT2D eigenvalue weighted by Gasteiger charge is -2.35. The second kappa shape index (κ2) is 10.7. The van der Waals surface area contributed by atoms with Crippen LogP contribution in [0.4, 0.5) is 17.3 Å². The Labute approximate surface area is 242 Å². The molecule has 2 fully saturated rings. The van der Waals surface area contributed by atoms with E-state index in [2.05, 4.69) is 25.4 Å². The number of anilines is 3. The van der Waals surface area contributed by atoms with Gasteiger partial charge in [0.1, 0.15) is 23.4 Å². The highest BCUT2D eigenvalue weighted by atomic mass is 32.2. The Kier molecular flexibility index (Phi) is 7.15. The monoisotopic (exact) mass is 599 g/mol. The Bertz CT molecular complexity index is 1690. The van der Waals surface area contributed by atoms with Gasteiger partial charge in [0.2, 0.25) is 0 Å². The highest BCUT2D eigenvalue weighted by Crippen LogP contribution is 2.42. The standard InChI is InChI=1S/C28H33N5O8S/c1-28(2)14-39-24(13-40-28)16-8-22(37-4)26(23(9-16)38-5)42(34,35)33-27-17-10-21(36-3)19(11-20(17)41-32-27)29-25-12-18(30-31-25)15-6-7-15/h8-12,15,24H,6-7,13-14H2,1-5H3,(H,32,33)(H2,29,30,31)/t24-/m1/s1. The minimum absolute atomic E-state index is 0.0231. The summed E-state index contributed by atoms with van der Waals surface area (Å²) in [7, 11) is 0.0193. The van der Waals surface area contributed by atoms with Crippen LogP contribution >= 0.6 is 0 Å². The van der Waals surface area contributed by atoms with E-state index in [1.807, 2.05) is 19.9 Å². The molecule has 4 aromatic rings. The molecule has 13 nitrogen and oxygen atoms in total. The number of H-pyrrole nitrogens is 1. The number of methoxy groups -OCH3 is 3. The van der Waals surface area contributed by atoms with Crippen LogP contribution in [0.15, 0.2) is 39.8 Å². The molecule has 0 radical (unpaired) electrons. The number of sulfonamides is 1. The van der Waals surface area contributed by atoms with Crippen molar-refractivity contribution in [1.29, 1.82) is 0 Å². The predicted octanol–water partition coefficient (Wildman–Crippen LogP) is 4.87. The smallest absolute Gasteiger partial charge is 0.270 e. The number of ether oxygens (including phenoxy) is 5. The van der Waals surface area contributed by atoms with Gasteiger partial charge in [-0.3, -0.25) is 9.82 Å². The first-order chi connectivity index (χ1) is 20.1. The van der Waals surface area contributed by atoms with E-state index in [0.717, 1.165) is 18.5 Å². The van der Waals surface area contributed by atoms with Gasteiger partial charge in [-0.2, -0.15) is 5.10 Å². The van der Waals surface area contributed by atoms with Gasteiger partial charge in [0.05, 0.1) is 51.2 Å².